The normalized spacial score (nSPS) is 15.1. The van der Waals surface area contributed by atoms with E-state index in [2.05, 4.69) is 25.7 Å². The van der Waals surface area contributed by atoms with Crippen LogP contribution in [0.3, 0.4) is 0 Å². The van der Waals surface area contributed by atoms with Crippen LogP contribution < -0.4 is 5.32 Å². The Hall–Kier alpha value is -0.920. The second-order valence-electron chi connectivity index (χ2n) is 7.50. The number of hydrogen-bond acceptors (Lipinski definition) is 2. The zero-order valence-corrected chi connectivity index (χ0v) is 16.4. The molecule has 0 saturated heterocycles. The molecule has 140 valence electrons. The number of unbranched alkanes of at least 4 members (excludes halogenated alkanes) is 13. The highest BCUT2D eigenvalue weighted by atomic mass is 16.5. The van der Waals surface area contributed by atoms with Crippen LogP contribution in [-0.2, 0) is 4.74 Å². The van der Waals surface area contributed by atoms with E-state index in [4.69, 9.17) is 4.74 Å². The summed E-state index contributed by atoms with van der Waals surface area (Å²) >= 11 is 0. The SMILES string of the molecule is C=C1NC=C(C(C)CCCCCCCCCCCCCCCC)O1. The van der Waals surface area contributed by atoms with E-state index in [-0.39, 0.29) is 0 Å². The summed E-state index contributed by atoms with van der Waals surface area (Å²) in [5, 5.41) is 3.02. The van der Waals surface area contributed by atoms with Gasteiger partial charge >= 0.3 is 0 Å². The summed E-state index contributed by atoms with van der Waals surface area (Å²) in [5.74, 6) is 2.22. The Bertz CT molecular complexity index is 348. The zero-order valence-electron chi connectivity index (χ0n) is 16.4. The molecule has 1 N–H and O–H groups in total. The van der Waals surface area contributed by atoms with E-state index >= 15 is 0 Å². The Morgan fingerprint density at radius 1 is 0.833 bits per heavy atom. The maximum Gasteiger partial charge on any atom is 0.189 e. The van der Waals surface area contributed by atoms with E-state index in [1.807, 2.05) is 6.20 Å². The third kappa shape index (κ3) is 10.8. The molecule has 0 fully saturated rings. The second kappa shape index (κ2) is 14.4. The fourth-order valence-corrected chi connectivity index (χ4v) is 3.38. The number of hydrogen-bond donors (Lipinski definition) is 1. The fraction of sp³-hybridized carbons (Fsp3) is 0.818. The topological polar surface area (TPSA) is 21.3 Å². The van der Waals surface area contributed by atoms with Gasteiger partial charge < -0.3 is 10.1 Å². The van der Waals surface area contributed by atoms with Gasteiger partial charge in [0.15, 0.2) is 5.88 Å². The van der Waals surface area contributed by atoms with Gasteiger partial charge in [0.25, 0.3) is 0 Å². The molecular weight excluding hydrogens is 294 g/mol. The third-order valence-corrected chi connectivity index (χ3v) is 5.09. The maximum atomic E-state index is 5.55. The van der Waals surface area contributed by atoms with Gasteiger partial charge in [-0.15, -0.1) is 0 Å². The van der Waals surface area contributed by atoms with E-state index in [0.717, 1.165) is 5.76 Å². The summed E-state index contributed by atoms with van der Waals surface area (Å²) in [6.45, 7) is 8.31. The van der Waals surface area contributed by atoms with Crippen LogP contribution in [0, 0.1) is 5.92 Å². The number of allylic oxidation sites excluding steroid dienone is 1. The molecule has 24 heavy (non-hydrogen) atoms. The van der Waals surface area contributed by atoms with Crippen molar-refractivity contribution in [2.24, 2.45) is 5.92 Å². The molecule has 2 heteroatoms. The minimum atomic E-state index is 0.508. The Morgan fingerprint density at radius 3 is 1.71 bits per heavy atom. The zero-order chi connectivity index (χ0) is 17.5. The predicted octanol–water partition coefficient (Wildman–Crippen LogP) is 7.43. The van der Waals surface area contributed by atoms with Crippen LogP contribution in [0.2, 0.25) is 0 Å². The molecule has 1 heterocycles. The third-order valence-electron chi connectivity index (χ3n) is 5.09. The monoisotopic (exact) mass is 335 g/mol. The first-order chi connectivity index (χ1) is 11.7. The molecule has 1 aliphatic heterocycles. The molecule has 0 spiro atoms. The van der Waals surface area contributed by atoms with Gasteiger partial charge in [0, 0.05) is 12.1 Å². The highest BCUT2D eigenvalue weighted by molar-refractivity contribution is 5.09. The molecule has 0 amide bonds. The molecule has 0 aliphatic carbocycles. The van der Waals surface area contributed by atoms with Gasteiger partial charge in [-0.2, -0.15) is 0 Å². The lowest BCUT2D eigenvalue weighted by Crippen LogP contribution is -1.99. The van der Waals surface area contributed by atoms with E-state index in [1.54, 1.807) is 0 Å². The Labute approximate surface area is 151 Å². The van der Waals surface area contributed by atoms with Crippen molar-refractivity contribution in [1.82, 2.24) is 5.32 Å². The molecule has 2 nitrogen and oxygen atoms in total. The molecule has 1 aliphatic rings. The molecule has 0 aromatic heterocycles. The standard InChI is InChI=1S/C22H41NO/c1-4-5-6-7-8-9-10-11-12-13-14-15-16-17-18-20(2)22-19-23-21(3)24-22/h19-20,23H,3-18H2,1-2H3. The van der Waals surface area contributed by atoms with Crippen LogP contribution in [0.15, 0.2) is 24.4 Å². The lowest BCUT2D eigenvalue weighted by Gasteiger charge is -2.11. The minimum absolute atomic E-state index is 0.508. The van der Waals surface area contributed by atoms with Gasteiger partial charge in [-0.1, -0.05) is 104 Å². The molecule has 0 saturated carbocycles. The summed E-state index contributed by atoms with van der Waals surface area (Å²) in [4.78, 5) is 0. The molecule has 0 radical (unpaired) electrons. The predicted molar refractivity (Wildman–Crippen MR) is 106 cm³/mol. The number of rotatable bonds is 16. The number of ether oxygens (including phenoxy) is 1. The highest BCUT2D eigenvalue weighted by Crippen LogP contribution is 2.24. The van der Waals surface area contributed by atoms with Crippen LogP contribution in [0.25, 0.3) is 0 Å². The van der Waals surface area contributed by atoms with Gasteiger partial charge in [-0.05, 0) is 13.0 Å². The van der Waals surface area contributed by atoms with E-state index in [9.17, 15) is 0 Å². The summed E-state index contributed by atoms with van der Waals surface area (Å²) in [5.41, 5.74) is 0. The average molecular weight is 336 g/mol. The van der Waals surface area contributed by atoms with Crippen molar-refractivity contribution in [2.45, 2.75) is 110 Å². The summed E-state index contributed by atoms with van der Waals surface area (Å²) in [6, 6.07) is 0. The Morgan fingerprint density at radius 2 is 1.29 bits per heavy atom. The van der Waals surface area contributed by atoms with Crippen molar-refractivity contribution in [3.63, 3.8) is 0 Å². The van der Waals surface area contributed by atoms with Gasteiger partial charge in [-0.3, -0.25) is 0 Å². The van der Waals surface area contributed by atoms with Crippen molar-refractivity contribution in [1.29, 1.82) is 0 Å². The largest absolute Gasteiger partial charge is 0.444 e. The molecule has 0 aromatic rings. The van der Waals surface area contributed by atoms with E-state index < -0.39 is 0 Å². The van der Waals surface area contributed by atoms with Crippen LogP contribution in [0.1, 0.15) is 110 Å². The van der Waals surface area contributed by atoms with E-state index in [0.29, 0.717) is 11.8 Å². The minimum Gasteiger partial charge on any atom is -0.444 e. The quantitative estimate of drug-likeness (QED) is 0.296. The van der Waals surface area contributed by atoms with Crippen molar-refractivity contribution in [2.75, 3.05) is 0 Å². The van der Waals surface area contributed by atoms with E-state index in [1.165, 1.54) is 96.3 Å². The van der Waals surface area contributed by atoms with Gasteiger partial charge in [-0.25, -0.2) is 0 Å². The van der Waals surface area contributed by atoms with Gasteiger partial charge in [0.05, 0.1) is 0 Å². The first-order valence-corrected chi connectivity index (χ1v) is 10.6. The fourth-order valence-electron chi connectivity index (χ4n) is 3.38. The lowest BCUT2D eigenvalue weighted by molar-refractivity contribution is 0.266. The Balaban J connectivity index is 1.77. The smallest absolute Gasteiger partial charge is 0.189 e. The summed E-state index contributed by atoms with van der Waals surface area (Å²) in [6.07, 6.45) is 23.1. The molecule has 0 aromatic carbocycles. The summed E-state index contributed by atoms with van der Waals surface area (Å²) < 4.78 is 5.55. The van der Waals surface area contributed by atoms with Crippen LogP contribution in [0.5, 0.6) is 0 Å². The molecular formula is C22H41NO. The Kier molecular flexibility index (Phi) is 12.7. The first kappa shape index (κ1) is 21.1. The highest BCUT2D eigenvalue weighted by Gasteiger charge is 2.15. The molecule has 0 bridgehead atoms. The van der Waals surface area contributed by atoms with Crippen LogP contribution >= 0.6 is 0 Å². The second-order valence-corrected chi connectivity index (χ2v) is 7.50. The molecule has 1 unspecified atom stereocenters. The summed E-state index contributed by atoms with van der Waals surface area (Å²) in [7, 11) is 0. The van der Waals surface area contributed by atoms with Crippen molar-refractivity contribution >= 4 is 0 Å². The van der Waals surface area contributed by atoms with Gasteiger partial charge in [0.1, 0.15) is 5.76 Å². The van der Waals surface area contributed by atoms with Crippen molar-refractivity contribution in [3.05, 3.63) is 24.4 Å². The molecule has 1 rings (SSSR count). The van der Waals surface area contributed by atoms with Gasteiger partial charge in [0.2, 0.25) is 0 Å². The van der Waals surface area contributed by atoms with Crippen molar-refractivity contribution < 1.29 is 4.74 Å². The first-order valence-electron chi connectivity index (χ1n) is 10.6. The number of nitrogens with one attached hydrogen (secondary N) is 1. The van der Waals surface area contributed by atoms with Crippen LogP contribution in [0.4, 0.5) is 0 Å². The maximum absolute atomic E-state index is 5.55. The van der Waals surface area contributed by atoms with Crippen LogP contribution in [-0.4, -0.2) is 0 Å². The lowest BCUT2D eigenvalue weighted by atomic mass is 10.00. The molecule has 1 atom stereocenters. The average Bonchev–Trinajstić information content (AvgIpc) is 3.01. The van der Waals surface area contributed by atoms with Crippen molar-refractivity contribution in [3.8, 4) is 0 Å².